The SMILES string of the molecule is C[C@H](NC(=O)[C@H]1CCC(=O)N1Cc1ccco1)c1ccncc1. The molecule has 0 bridgehead atoms. The van der Waals surface area contributed by atoms with E-state index in [1.807, 2.05) is 19.1 Å². The van der Waals surface area contributed by atoms with E-state index >= 15 is 0 Å². The van der Waals surface area contributed by atoms with Crippen LogP contribution in [0.4, 0.5) is 0 Å². The molecule has 2 atom stereocenters. The van der Waals surface area contributed by atoms with E-state index in [0.29, 0.717) is 25.1 Å². The van der Waals surface area contributed by atoms with Crippen molar-refractivity contribution >= 4 is 11.8 Å². The van der Waals surface area contributed by atoms with Gasteiger partial charge >= 0.3 is 0 Å². The maximum atomic E-state index is 12.6. The molecular weight excluding hydrogens is 294 g/mol. The maximum Gasteiger partial charge on any atom is 0.243 e. The fraction of sp³-hybridized carbons (Fsp3) is 0.353. The van der Waals surface area contributed by atoms with Crippen LogP contribution in [0.1, 0.15) is 37.1 Å². The van der Waals surface area contributed by atoms with Gasteiger partial charge in [0.15, 0.2) is 0 Å². The second-order valence-electron chi connectivity index (χ2n) is 5.67. The zero-order chi connectivity index (χ0) is 16.2. The van der Waals surface area contributed by atoms with Crippen LogP contribution in [0, 0.1) is 0 Å². The Kier molecular flexibility index (Phi) is 4.41. The molecule has 120 valence electrons. The zero-order valence-corrected chi connectivity index (χ0v) is 12.9. The lowest BCUT2D eigenvalue weighted by molar-refractivity contribution is -0.136. The summed E-state index contributed by atoms with van der Waals surface area (Å²) in [6, 6.07) is 6.73. The number of pyridine rings is 1. The molecule has 0 spiro atoms. The quantitative estimate of drug-likeness (QED) is 0.916. The molecule has 0 radical (unpaired) electrons. The van der Waals surface area contributed by atoms with Crippen LogP contribution in [0.2, 0.25) is 0 Å². The van der Waals surface area contributed by atoms with Crippen molar-refractivity contribution in [3.8, 4) is 0 Å². The van der Waals surface area contributed by atoms with Gasteiger partial charge in [0.25, 0.3) is 0 Å². The van der Waals surface area contributed by atoms with Crippen molar-refractivity contribution in [2.75, 3.05) is 0 Å². The molecule has 23 heavy (non-hydrogen) atoms. The van der Waals surface area contributed by atoms with Crippen LogP contribution in [0.5, 0.6) is 0 Å². The highest BCUT2D eigenvalue weighted by atomic mass is 16.3. The zero-order valence-electron chi connectivity index (χ0n) is 12.9. The van der Waals surface area contributed by atoms with Gasteiger partial charge in [-0.2, -0.15) is 0 Å². The van der Waals surface area contributed by atoms with Crippen molar-refractivity contribution in [3.63, 3.8) is 0 Å². The van der Waals surface area contributed by atoms with E-state index in [-0.39, 0.29) is 17.9 Å². The highest BCUT2D eigenvalue weighted by molar-refractivity contribution is 5.91. The van der Waals surface area contributed by atoms with Crippen LogP contribution >= 0.6 is 0 Å². The van der Waals surface area contributed by atoms with Crippen LogP contribution in [-0.2, 0) is 16.1 Å². The summed E-state index contributed by atoms with van der Waals surface area (Å²) in [7, 11) is 0. The fourth-order valence-electron chi connectivity index (χ4n) is 2.82. The van der Waals surface area contributed by atoms with Gasteiger partial charge in [-0.1, -0.05) is 0 Å². The Balaban J connectivity index is 1.67. The first-order valence-corrected chi connectivity index (χ1v) is 7.67. The molecule has 0 aromatic carbocycles. The number of carbonyl (C=O) groups is 2. The molecule has 1 fully saturated rings. The lowest BCUT2D eigenvalue weighted by Gasteiger charge is -2.25. The highest BCUT2D eigenvalue weighted by Crippen LogP contribution is 2.23. The lowest BCUT2D eigenvalue weighted by Crippen LogP contribution is -2.44. The van der Waals surface area contributed by atoms with Crippen LogP contribution in [0.15, 0.2) is 47.3 Å². The number of amides is 2. The summed E-state index contributed by atoms with van der Waals surface area (Å²) in [4.78, 5) is 30.2. The minimum atomic E-state index is -0.447. The number of carbonyl (C=O) groups excluding carboxylic acids is 2. The number of rotatable bonds is 5. The average molecular weight is 313 g/mol. The first-order chi connectivity index (χ1) is 11.1. The molecule has 2 aromatic heterocycles. The Labute approximate surface area is 134 Å². The Hall–Kier alpha value is -2.63. The first-order valence-electron chi connectivity index (χ1n) is 7.67. The van der Waals surface area contributed by atoms with Crippen molar-refractivity contribution in [1.82, 2.24) is 15.2 Å². The fourth-order valence-corrected chi connectivity index (χ4v) is 2.82. The smallest absolute Gasteiger partial charge is 0.243 e. The second kappa shape index (κ2) is 6.64. The molecule has 1 aliphatic rings. The number of aromatic nitrogens is 1. The van der Waals surface area contributed by atoms with Gasteiger partial charge in [-0.25, -0.2) is 0 Å². The third-order valence-electron chi connectivity index (χ3n) is 4.10. The van der Waals surface area contributed by atoms with E-state index in [0.717, 1.165) is 5.56 Å². The molecule has 2 aromatic rings. The number of furan rings is 1. The predicted molar refractivity (Wildman–Crippen MR) is 83.1 cm³/mol. The summed E-state index contributed by atoms with van der Waals surface area (Å²) in [6.07, 6.45) is 5.88. The molecule has 1 aliphatic heterocycles. The van der Waals surface area contributed by atoms with Crippen LogP contribution < -0.4 is 5.32 Å². The molecular formula is C17H19N3O3. The van der Waals surface area contributed by atoms with Crippen molar-refractivity contribution < 1.29 is 14.0 Å². The van der Waals surface area contributed by atoms with Crippen LogP contribution in [0.3, 0.4) is 0 Å². The molecule has 1 N–H and O–H groups in total. The summed E-state index contributed by atoms with van der Waals surface area (Å²) in [5.74, 6) is 0.532. The third-order valence-corrected chi connectivity index (χ3v) is 4.10. The van der Waals surface area contributed by atoms with E-state index in [4.69, 9.17) is 4.42 Å². The van der Waals surface area contributed by atoms with Crippen molar-refractivity contribution in [3.05, 3.63) is 54.2 Å². The minimum absolute atomic E-state index is 0.0156. The monoisotopic (exact) mass is 313 g/mol. The Bertz CT molecular complexity index is 670. The Morgan fingerprint density at radius 3 is 2.91 bits per heavy atom. The van der Waals surface area contributed by atoms with Gasteiger partial charge in [-0.05, 0) is 43.2 Å². The standard InChI is InChI=1S/C17H19N3O3/c1-12(13-6-8-18-9-7-13)19-17(22)15-4-5-16(21)20(15)11-14-3-2-10-23-14/h2-3,6-10,12,15H,4-5,11H2,1H3,(H,19,22)/t12-,15+/m0/s1. The van der Waals surface area contributed by atoms with E-state index in [2.05, 4.69) is 10.3 Å². The summed E-state index contributed by atoms with van der Waals surface area (Å²) < 4.78 is 5.29. The molecule has 0 unspecified atom stereocenters. The minimum Gasteiger partial charge on any atom is -0.467 e. The van der Waals surface area contributed by atoms with Crippen LogP contribution in [0.25, 0.3) is 0 Å². The molecule has 3 rings (SSSR count). The van der Waals surface area contributed by atoms with Gasteiger partial charge in [-0.3, -0.25) is 14.6 Å². The molecule has 6 heteroatoms. The molecule has 0 saturated carbocycles. The molecule has 0 aliphatic carbocycles. The number of nitrogens with zero attached hydrogens (tertiary/aromatic N) is 2. The predicted octanol–water partition coefficient (Wildman–Crippen LogP) is 2.04. The van der Waals surface area contributed by atoms with Gasteiger partial charge in [0.1, 0.15) is 11.8 Å². The largest absolute Gasteiger partial charge is 0.467 e. The summed E-state index contributed by atoms with van der Waals surface area (Å²) in [6.45, 7) is 2.24. The van der Waals surface area contributed by atoms with Gasteiger partial charge in [-0.15, -0.1) is 0 Å². The second-order valence-corrected chi connectivity index (χ2v) is 5.67. The topological polar surface area (TPSA) is 75.4 Å². The Morgan fingerprint density at radius 2 is 2.22 bits per heavy atom. The maximum absolute atomic E-state index is 12.6. The summed E-state index contributed by atoms with van der Waals surface area (Å²) >= 11 is 0. The van der Waals surface area contributed by atoms with Crippen molar-refractivity contribution in [1.29, 1.82) is 0 Å². The van der Waals surface area contributed by atoms with Gasteiger partial charge in [0.05, 0.1) is 18.8 Å². The number of hydrogen-bond acceptors (Lipinski definition) is 4. The molecule has 2 amide bonds. The van der Waals surface area contributed by atoms with Gasteiger partial charge < -0.3 is 14.6 Å². The first kappa shape index (κ1) is 15.3. The highest BCUT2D eigenvalue weighted by Gasteiger charge is 2.36. The van der Waals surface area contributed by atoms with Crippen LogP contribution in [-0.4, -0.2) is 27.7 Å². The van der Waals surface area contributed by atoms with Crippen molar-refractivity contribution in [2.24, 2.45) is 0 Å². The lowest BCUT2D eigenvalue weighted by atomic mass is 10.1. The molecule has 3 heterocycles. The third kappa shape index (κ3) is 3.41. The average Bonchev–Trinajstić information content (AvgIpc) is 3.19. The number of likely N-dealkylation sites (tertiary alicyclic amines) is 1. The molecule has 1 saturated heterocycles. The normalized spacial score (nSPS) is 18.9. The van der Waals surface area contributed by atoms with E-state index in [1.165, 1.54) is 0 Å². The summed E-state index contributed by atoms with van der Waals surface area (Å²) in [5.41, 5.74) is 0.982. The number of hydrogen-bond donors (Lipinski definition) is 1. The summed E-state index contributed by atoms with van der Waals surface area (Å²) in [5, 5.41) is 2.98. The van der Waals surface area contributed by atoms with E-state index in [1.54, 1.807) is 35.7 Å². The van der Waals surface area contributed by atoms with Gasteiger partial charge in [0, 0.05) is 18.8 Å². The van der Waals surface area contributed by atoms with Gasteiger partial charge in [0.2, 0.25) is 11.8 Å². The molecule has 6 nitrogen and oxygen atoms in total. The Morgan fingerprint density at radius 1 is 1.43 bits per heavy atom. The van der Waals surface area contributed by atoms with E-state index in [9.17, 15) is 9.59 Å². The number of nitrogens with one attached hydrogen (secondary N) is 1. The van der Waals surface area contributed by atoms with E-state index < -0.39 is 6.04 Å². The van der Waals surface area contributed by atoms with Crippen molar-refractivity contribution in [2.45, 2.75) is 38.4 Å².